The van der Waals surface area contributed by atoms with Crippen LogP contribution in [0.5, 0.6) is 0 Å². The minimum atomic E-state index is -0.938. The molecule has 2 aromatic carbocycles. The summed E-state index contributed by atoms with van der Waals surface area (Å²) in [6, 6.07) is 18.4. The Bertz CT molecular complexity index is 952. The fraction of sp³-hybridized carbons (Fsp3) is 0.400. The smallest absolute Gasteiger partial charge is 0.302 e. The Morgan fingerprint density at radius 3 is 2.15 bits per heavy atom. The van der Waals surface area contributed by atoms with E-state index in [1.165, 1.54) is 6.92 Å². The number of azide groups is 1. The van der Waals surface area contributed by atoms with Gasteiger partial charge in [0.05, 0.1) is 19.8 Å². The van der Waals surface area contributed by atoms with Gasteiger partial charge >= 0.3 is 5.97 Å². The predicted molar refractivity (Wildman–Crippen MR) is 124 cm³/mol. The maximum Gasteiger partial charge on any atom is 0.302 e. The third kappa shape index (κ3) is 7.41. The predicted octanol–water partition coefficient (Wildman–Crippen LogP) is 4.33. The molecule has 1 aliphatic rings. The molecule has 1 aliphatic heterocycles. The first kappa shape index (κ1) is 25.4. The van der Waals surface area contributed by atoms with Gasteiger partial charge in [-0.2, -0.15) is 0 Å². The molecule has 2 aromatic rings. The van der Waals surface area contributed by atoms with Crippen molar-refractivity contribution in [2.75, 3.05) is 13.2 Å². The maximum absolute atomic E-state index is 11.5. The maximum atomic E-state index is 11.5. The van der Waals surface area contributed by atoms with Crippen LogP contribution in [0.4, 0.5) is 0 Å². The van der Waals surface area contributed by atoms with Crippen molar-refractivity contribution >= 4 is 5.97 Å². The highest BCUT2D eigenvalue weighted by atomic mass is 16.7. The quantitative estimate of drug-likeness (QED) is 0.151. The van der Waals surface area contributed by atoms with Crippen LogP contribution in [0.25, 0.3) is 10.4 Å². The van der Waals surface area contributed by atoms with Crippen molar-refractivity contribution in [3.63, 3.8) is 0 Å². The molecule has 0 bridgehead atoms. The molecule has 3 rings (SSSR count). The number of nitrogens with zero attached hydrogens (tertiary/aromatic N) is 3. The second kappa shape index (κ2) is 13.5. The van der Waals surface area contributed by atoms with Crippen molar-refractivity contribution in [3.8, 4) is 0 Å². The molecule has 0 N–H and O–H groups in total. The second-order valence-electron chi connectivity index (χ2n) is 7.69. The Morgan fingerprint density at radius 2 is 1.62 bits per heavy atom. The van der Waals surface area contributed by atoms with Crippen molar-refractivity contribution in [1.82, 2.24) is 0 Å². The van der Waals surface area contributed by atoms with E-state index in [-0.39, 0.29) is 26.4 Å². The number of ether oxygens (including phenoxy) is 5. The zero-order valence-corrected chi connectivity index (χ0v) is 19.1. The van der Waals surface area contributed by atoms with E-state index in [1.54, 1.807) is 6.08 Å². The highest BCUT2D eigenvalue weighted by molar-refractivity contribution is 5.65. The van der Waals surface area contributed by atoms with Crippen LogP contribution in [0.1, 0.15) is 18.1 Å². The molecular formula is C25H29N3O6. The molecule has 0 aromatic heterocycles. The third-order valence-corrected chi connectivity index (χ3v) is 5.20. The minimum Gasteiger partial charge on any atom is -0.463 e. The van der Waals surface area contributed by atoms with E-state index in [9.17, 15) is 10.3 Å². The summed E-state index contributed by atoms with van der Waals surface area (Å²) in [6.07, 6.45) is -1.53. The summed E-state index contributed by atoms with van der Waals surface area (Å²) in [7, 11) is 0. The number of rotatable bonds is 12. The van der Waals surface area contributed by atoms with E-state index >= 15 is 0 Å². The molecule has 0 unspecified atom stereocenters. The molecule has 5 atom stereocenters. The zero-order valence-electron chi connectivity index (χ0n) is 19.1. The lowest BCUT2D eigenvalue weighted by atomic mass is 9.96. The van der Waals surface area contributed by atoms with Gasteiger partial charge in [-0.25, -0.2) is 0 Å². The van der Waals surface area contributed by atoms with E-state index in [1.807, 2.05) is 60.7 Å². The van der Waals surface area contributed by atoms with Gasteiger partial charge in [0.2, 0.25) is 0 Å². The standard InChI is InChI=1S/C25H29N3O6/c1-3-14-30-25-22(27-28-26)24(33-16-20-12-8-5-9-13-20)23(21(34-25)17-31-18(2)29)32-15-19-10-6-4-7-11-19/h3-13,21-25H,1,14-17H2,2H3/t21-,22+,23-,24-,25-/m1/s1. The molecule has 0 radical (unpaired) electrons. The van der Waals surface area contributed by atoms with Gasteiger partial charge in [0.25, 0.3) is 0 Å². The highest BCUT2D eigenvalue weighted by Crippen LogP contribution is 2.31. The Hall–Kier alpha value is -3.20. The Kier molecular flexibility index (Phi) is 10.1. The number of benzene rings is 2. The summed E-state index contributed by atoms with van der Waals surface area (Å²) in [5.41, 5.74) is 11.1. The van der Waals surface area contributed by atoms with Crippen LogP contribution in [0.15, 0.2) is 78.4 Å². The average Bonchev–Trinajstić information content (AvgIpc) is 2.86. The molecule has 0 spiro atoms. The molecule has 0 saturated carbocycles. The average molecular weight is 468 g/mol. The largest absolute Gasteiger partial charge is 0.463 e. The molecular weight excluding hydrogens is 438 g/mol. The molecule has 34 heavy (non-hydrogen) atoms. The van der Waals surface area contributed by atoms with Gasteiger partial charge in [-0.05, 0) is 16.7 Å². The number of esters is 1. The van der Waals surface area contributed by atoms with Crippen LogP contribution < -0.4 is 0 Å². The van der Waals surface area contributed by atoms with Gasteiger partial charge in [-0.1, -0.05) is 71.9 Å². The van der Waals surface area contributed by atoms with E-state index in [0.717, 1.165) is 11.1 Å². The molecule has 180 valence electrons. The van der Waals surface area contributed by atoms with Gasteiger partial charge in [0.15, 0.2) is 6.29 Å². The lowest BCUT2D eigenvalue weighted by Crippen LogP contribution is -2.60. The molecule has 9 nitrogen and oxygen atoms in total. The van der Waals surface area contributed by atoms with Crippen LogP contribution in [0, 0.1) is 0 Å². The monoisotopic (exact) mass is 467 g/mol. The lowest BCUT2D eigenvalue weighted by molar-refractivity contribution is -0.282. The highest BCUT2D eigenvalue weighted by Gasteiger charge is 2.48. The SMILES string of the molecule is C=CCO[C@@H]1O[C@H](COC(C)=O)[C@@H](OCc2ccccc2)[C@H](OCc2ccccc2)[C@@H]1N=[N+]=[N-]. The topological polar surface area (TPSA) is 112 Å². The fourth-order valence-electron chi connectivity index (χ4n) is 3.63. The summed E-state index contributed by atoms with van der Waals surface area (Å²) in [4.78, 5) is 14.5. The number of carbonyl (C=O) groups is 1. The van der Waals surface area contributed by atoms with Crippen molar-refractivity contribution in [3.05, 3.63) is 94.9 Å². The summed E-state index contributed by atoms with van der Waals surface area (Å²) in [5, 5.41) is 3.93. The first-order valence-corrected chi connectivity index (χ1v) is 11.0. The molecule has 1 heterocycles. The summed E-state index contributed by atoms with van der Waals surface area (Å²) in [6.45, 7) is 5.59. The molecule has 1 saturated heterocycles. The molecule has 0 aliphatic carbocycles. The lowest BCUT2D eigenvalue weighted by Gasteiger charge is -2.44. The number of hydrogen-bond acceptors (Lipinski definition) is 7. The first-order valence-electron chi connectivity index (χ1n) is 11.0. The van der Waals surface area contributed by atoms with Crippen molar-refractivity contribution in [2.45, 2.75) is 50.8 Å². The molecule has 1 fully saturated rings. The van der Waals surface area contributed by atoms with Gasteiger partial charge < -0.3 is 23.7 Å². The van der Waals surface area contributed by atoms with Crippen molar-refractivity contribution in [1.29, 1.82) is 0 Å². The Balaban J connectivity index is 1.89. The minimum absolute atomic E-state index is 0.0725. The van der Waals surface area contributed by atoms with Crippen molar-refractivity contribution in [2.24, 2.45) is 5.11 Å². The fourth-order valence-corrected chi connectivity index (χ4v) is 3.63. The summed E-state index contributed by atoms with van der Waals surface area (Å²) >= 11 is 0. The van der Waals surface area contributed by atoms with E-state index in [4.69, 9.17) is 23.7 Å². The van der Waals surface area contributed by atoms with Crippen LogP contribution in [-0.2, 0) is 41.7 Å². The van der Waals surface area contributed by atoms with Gasteiger partial charge in [-0.15, -0.1) is 6.58 Å². The van der Waals surface area contributed by atoms with E-state index in [0.29, 0.717) is 0 Å². The molecule has 0 amide bonds. The second-order valence-corrected chi connectivity index (χ2v) is 7.69. The molecule has 9 heteroatoms. The Morgan fingerprint density at radius 1 is 1.03 bits per heavy atom. The van der Waals surface area contributed by atoms with Crippen LogP contribution in [-0.4, -0.2) is 49.8 Å². The normalized spacial score (nSPS) is 24.1. The number of carbonyl (C=O) groups excluding carboxylic acids is 1. The van der Waals surface area contributed by atoms with Crippen LogP contribution in [0.2, 0.25) is 0 Å². The van der Waals surface area contributed by atoms with E-state index in [2.05, 4.69) is 16.6 Å². The van der Waals surface area contributed by atoms with Crippen LogP contribution in [0.3, 0.4) is 0 Å². The zero-order chi connectivity index (χ0) is 24.2. The summed E-state index contributed by atoms with van der Waals surface area (Å²) in [5.74, 6) is -0.451. The Labute approximate surface area is 198 Å². The number of hydrogen-bond donors (Lipinski definition) is 0. The van der Waals surface area contributed by atoms with Crippen molar-refractivity contribution < 1.29 is 28.5 Å². The third-order valence-electron chi connectivity index (χ3n) is 5.20. The van der Waals surface area contributed by atoms with Gasteiger partial charge in [-0.3, -0.25) is 4.79 Å². The first-order chi connectivity index (χ1) is 16.6. The van der Waals surface area contributed by atoms with Crippen LogP contribution >= 0.6 is 0 Å². The van der Waals surface area contributed by atoms with E-state index < -0.39 is 36.6 Å². The van der Waals surface area contributed by atoms with Gasteiger partial charge in [0.1, 0.15) is 31.0 Å². The summed E-state index contributed by atoms with van der Waals surface area (Å²) < 4.78 is 29.6. The van der Waals surface area contributed by atoms with Gasteiger partial charge in [0, 0.05) is 11.8 Å².